The molecule has 3 N–H and O–H groups in total. The number of carbonyl (C=O) groups excluding carboxylic acids is 1. The lowest BCUT2D eigenvalue weighted by molar-refractivity contribution is -0.123. The summed E-state index contributed by atoms with van der Waals surface area (Å²) in [5, 5.41) is 1.24. The molecule has 2 aromatic rings. The SMILES string of the molecule is Cc1cnc2[nH]c(C3CC3)c(CN3CCCC(C(N)=O)C3)c2c1. The molecule has 1 saturated heterocycles. The van der Waals surface area contributed by atoms with E-state index in [9.17, 15) is 4.79 Å². The van der Waals surface area contributed by atoms with Gasteiger partial charge in [-0.1, -0.05) is 0 Å². The van der Waals surface area contributed by atoms with Crippen LogP contribution in [0, 0.1) is 12.8 Å². The summed E-state index contributed by atoms with van der Waals surface area (Å²) < 4.78 is 0. The van der Waals surface area contributed by atoms with Gasteiger partial charge in [-0.25, -0.2) is 4.98 Å². The number of hydrogen-bond donors (Lipinski definition) is 2. The summed E-state index contributed by atoms with van der Waals surface area (Å²) in [6.45, 7) is 4.80. The van der Waals surface area contributed by atoms with Crippen molar-refractivity contribution in [2.24, 2.45) is 11.7 Å². The van der Waals surface area contributed by atoms with Crippen molar-refractivity contribution in [1.82, 2.24) is 14.9 Å². The maximum atomic E-state index is 11.5. The molecule has 1 saturated carbocycles. The number of H-pyrrole nitrogens is 1. The average Bonchev–Trinajstić information content (AvgIpc) is 3.32. The van der Waals surface area contributed by atoms with Gasteiger partial charge < -0.3 is 10.7 Å². The predicted molar refractivity (Wildman–Crippen MR) is 90.0 cm³/mol. The van der Waals surface area contributed by atoms with Gasteiger partial charge in [-0.15, -0.1) is 0 Å². The summed E-state index contributed by atoms with van der Waals surface area (Å²) in [6, 6.07) is 2.23. The molecule has 0 spiro atoms. The molecule has 4 rings (SSSR count). The van der Waals surface area contributed by atoms with Crippen LogP contribution >= 0.6 is 0 Å². The molecule has 23 heavy (non-hydrogen) atoms. The Hall–Kier alpha value is -1.88. The molecule has 2 aromatic heterocycles. The van der Waals surface area contributed by atoms with Gasteiger partial charge in [-0.2, -0.15) is 0 Å². The molecule has 1 atom stereocenters. The van der Waals surface area contributed by atoms with Gasteiger partial charge in [-0.3, -0.25) is 9.69 Å². The molecule has 3 heterocycles. The smallest absolute Gasteiger partial charge is 0.221 e. The molecule has 2 fully saturated rings. The number of nitrogens with one attached hydrogen (secondary N) is 1. The number of aryl methyl sites for hydroxylation is 1. The van der Waals surface area contributed by atoms with E-state index in [1.54, 1.807) is 0 Å². The Balaban J connectivity index is 1.66. The second kappa shape index (κ2) is 5.64. The maximum Gasteiger partial charge on any atom is 0.221 e. The van der Waals surface area contributed by atoms with Gasteiger partial charge in [0.2, 0.25) is 5.91 Å². The molecule has 1 aliphatic heterocycles. The minimum absolute atomic E-state index is 0.00167. The summed E-state index contributed by atoms with van der Waals surface area (Å²) in [7, 11) is 0. The van der Waals surface area contributed by atoms with E-state index in [1.165, 1.54) is 35.0 Å². The average molecular weight is 312 g/mol. The first kappa shape index (κ1) is 14.7. The third-order valence-corrected chi connectivity index (χ3v) is 5.20. The predicted octanol–water partition coefficient (Wildman–Crippen LogP) is 2.45. The highest BCUT2D eigenvalue weighted by Gasteiger charge is 2.31. The maximum absolute atomic E-state index is 11.5. The van der Waals surface area contributed by atoms with E-state index < -0.39 is 0 Å². The van der Waals surface area contributed by atoms with Crippen molar-refractivity contribution in [2.75, 3.05) is 13.1 Å². The second-order valence-electron chi connectivity index (χ2n) is 7.18. The molecule has 5 nitrogen and oxygen atoms in total. The quantitative estimate of drug-likeness (QED) is 0.910. The first-order valence-corrected chi connectivity index (χ1v) is 8.60. The highest BCUT2D eigenvalue weighted by molar-refractivity contribution is 5.82. The van der Waals surface area contributed by atoms with Gasteiger partial charge in [0.05, 0.1) is 5.92 Å². The van der Waals surface area contributed by atoms with E-state index >= 15 is 0 Å². The third-order valence-electron chi connectivity index (χ3n) is 5.20. The molecule has 1 amide bonds. The van der Waals surface area contributed by atoms with Crippen molar-refractivity contribution < 1.29 is 4.79 Å². The van der Waals surface area contributed by atoms with Crippen LogP contribution in [0.25, 0.3) is 11.0 Å². The number of likely N-dealkylation sites (tertiary alicyclic amines) is 1. The van der Waals surface area contributed by atoms with Crippen LogP contribution in [0.4, 0.5) is 0 Å². The molecule has 122 valence electrons. The standard InChI is InChI=1S/C18H24N4O/c1-11-7-14-15(10-22-6-2-3-13(9-22)17(19)23)16(12-4-5-12)21-18(14)20-8-11/h7-8,12-13H,2-6,9-10H2,1H3,(H2,19,23)(H,20,21). The number of rotatable bonds is 4. The zero-order valence-corrected chi connectivity index (χ0v) is 13.6. The van der Waals surface area contributed by atoms with Crippen molar-refractivity contribution in [3.8, 4) is 0 Å². The van der Waals surface area contributed by atoms with E-state index in [1.807, 2.05) is 6.20 Å². The van der Waals surface area contributed by atoms with Crippen LogP contribution in [0.15, 0.2) is 12.3 Å². The number of aromatic nitrogens is 2. The number of primary amides is 1. The topological polar surface area (TPSA) is 75.0 Å². The minimum Gasteiger partial charge on any atom is -0.369 e. The molecule has 0 radical (unpaired) electrons. The number of fused-ring (bicyclic) bond motifs is 1. The van der Waals surface area contributed by atoms with E-state index in [2.05, 4.69) is 27.9 Å². The monoisotopic (exact) mass is 312 g/mol. The number of nitrogens with zero attached hydrogens (tertiary/aromatic N) is 2. The fraction of sp³-hybridized carbons (Fsp3) is 0.556. The molecular weight excluding hydrogens is 288 g/mol. The molecule has 0 aromatic carbocycles. The highest BCUT2D eigenvalue weighted by Crippen LogP contribution is 2.43. The summed E-state index contributed by atoms with van der Waals surface area (Å²) in [5.41, 5.74) is 10.4. The lowest BCUT2D eigenvalue weighted by Crippen LogP contribution is -2.40. The van der Waals surface area contributed by atoms with Gasteiger partial charge in [0.15, 0.2) is 0 Å². The van der Waals surface area contributed by atoms with Crippen LogP contribution in [-0.4, -0.2) is 33.9 Å². The van der Waals surface area contributed by atoms with Crippen molar-refractivity contribution in [3.63, 3.8) is 0 Å². The highest BCUT2D eigenvalue weighted by atomic mass is 16.1. The lowest BCUT2D eigenvalue weighted by atomic mass is 9.96. The number of amides is 1. The molecule has 0 bridgehead atoms. The molecule has 2 aliphatic rings. The van der Waals surface area contributed by atoms with E-state index in [0.717, 1.165) is 38.1 Å². The summed E-state index contributed by atoms with van der Waals surface area (Å²) in [6.07, 6.45) is 6.43. The van der Waals surface area contributed by atoms with Gasteiger partial charge in [0, 0.05) is 30.4 Å². The fourth-order valence-electron chi connectivity index (χ4n) is 3.79. The normalized spacial score (nSPS) is 22.6. The Morgan fingerprint density at radius 2 is 2.26 bits per heavy atom. The number of pyridine rings is 1. The molecule has 1 aliphatic carbocycles. The number of aromatic amines is 1. The number of hydrogen-bond acceptors (Lipinski definition) is 3. The first-order chi connectivity index (χ1) is 11.1. The van der Waals surface area contributed by atoms with Crippen molar-refractivity contribution in [1.29, 1.82) is 0 Å². The van der Waals surface area contributed by atoms with Crippen molar-refractivity contribution in [2.45, 2.75) is 45.1 Å². The Morgan fingerprint density at radius 1 is 1.43 bits per heavy atom. The summed E-state index contributed by atoms with van der Waals surface area (Å²) in [4.78, 5) is 22.0. The zero-order chi connectivity index (χ0) is 16.0. The van der Waals surface area contributed by atoms with Crippen molar-refractivity contribution >= 4 is 16.9 Å². The van der Waals surface area contributed by atoms with Crippen LogP contribution < -0.4 is 5.73 Å². The Labute approximate surface area is 136 Å². The van der Waals surface area contributed by atoms with E-state index in [4.69, 9.17) is 5.73 Å². The van der Waals surface area contributed by atoms with Gasteiger partial charge in [0.1, 0.15) is 5.65 Å². The first-order valence-electron chi connectivity index (χ1n) is 8.60. The lowest BCUT2D eigenvalue weighted by Gasteiger charge is -2.31. The van der Waals surface area contributed by atoms with Gasteiger partial charge in [0.25, 0.3) is 0 Å². The van der Waals surface area contributed by atoms with Crippen LogP contribution in [-0.2, 0) is 11.3 Å². The molecule has 1 unspecified atom stereocenters. The Kier molecular flexibility index (Phi) is 3.60. The zero-order valence-electron chi connectivity index (χ0n) is 13.6. The van der Waals surface area contributed by atoms with Crippen LogP contribution in [0.1, 0.15) is 48.4 Å². The largest absolute Gasteiger partial charge is 0.369 e. The number of nitrogens with two attached hydrogens (primary N) is 1. The van der Waals surface area contributed by atoms with Crippen molar-refractivity contribution in [3.05, 3.63) is 29.1 Å². The van der Waals surface area contributed by atoms with E-state index in [0.29, 0.717) is 5.92 Å². The Bertz CT molecular complexity index is 747. The summed E-state index contributed by atoms with van der Waals surface area (Å²) in [5.74, 6) is 0.503. The number of piperidine rings is 1. The van der Waals surface area contributed by atoms with Gasteiger partial charge >= 0.3 is 0 Å². The summed E-state index contributed by atoms with van der Waals surface area (Å²) >= 11 is 0. The fourth-order valence-corrected chi connectivity index (χ4v) is 3.79. The molecule has 5 heteroatoms. The van der Waals surface area contributed by atoms with Crippen LogP contribution in [0.2, 0.25) is 0 Å². The van der Waals surface area contributed by atoms with Crippen LogP contribution in [0.5, 0.6) is 0 Å². The Morgan fingerprint density at radius 3 is 3.00 bits per heavy atom. The second-order valence-corrected chi connectivity index (χ2v) is 7.18. The van der Waals surface area contributed by atoms with E-state index in [-0.39, 0.29) is 11.8 Å². The molecular formula is C18H24N4O. The van der Waals surface area contributed by atoms with Crippen LogP contribution in [0.3, 0.4) is 0 Å². The van der Waals surface area contributed by atoms with Gasteiger partial charge in [-0.05, 0) is 62.3 Å². The third kappa shape index (κ3) is 2.85. The minimum atomic E-state index is -0.159. The number of carbonyl (C=O) groups is 1.